The molecule has 0 radical (unpaired) electrons. The third-order valence-corrected chi connectivity index (χ3v) is 6.27. The van der Waals surface area contributed by atoms with E-state index in [9.17, 15) is 13.2 Å². The van der Waals surface area contributed by atoms with Gasteiger partial charge in [-0.25, -0.2) is 12.7 Å². The number of sulfonamides is 1. The van der Waals surface area contributed by atoms with Crippen LogP contribution in [0.3, 0.4) is 0 Å². The zero-order valence-electron chi connectivity index (χ0n) is 19.2. The van der Waals surface area contributed by atoms with Crippen LogP contribution in [0.4, 0.5) is 0 Å². The molecule has 0 saturated carbocycles. The molecule has 2 aromatic rings. The van der Waals surface area contributed by atoms with Gasteiger partial charge in [-0.05, 0) is 54.3 Å². The fraction of sp³-hybridized carbons (Fsp3) is 0.375. The lowest BCUT2D eigenvalue weighted by atomic mass is 10.0. The van der Waals surface area contributed by atoms with Gasteiger partial charge in [-0.15, -0.1) is 0 Å². The Morgan fingerprint density at radius 3 is 2.39 bits per heavy atom. The molecule has 0 aromatic heterocycles. The molecular formula is C24H29ClN2O5S. The first-order valence-electron chi connectivity index (χ1n) is 10.3. The number of carbonyl (C=O) groups is 1. The quantitative estimate of drug-likeness (QED) is 0.540. The van der Waals surface area contributed by atoms with Crippen LogP contribution in [-0.4, -0.2) is 51.2 Å². The number of halogens is 1. The third kappa shape index (κ3) is 7.97. The topological polar surface area (TPSA) is 98.9 Å². The average Bonchev–Trinajstić information content (AvgIpc) is 2.76. The van der Waals surface area contributed by atoms with Crippen LogP contribution < -0.4 is 15.2 Å². The third-order valence-electron chi connectivity index (χ3n) is 4.86. The van der Waals surface area contributed by atoms with Gasteiger partial charge in [-0.2, -0.15) is 0 Å². The Morgan fingerprint density at radius 2 is 1.82 bits per heavy atom. The van der Waals surface area contributed by atoms with Crippen molar-refractivity contribution >= 4 is 27.5 Å². The SMILES string of the molecule is COc1cc(CCN(C(=O)[C@@H](N)C(C)C)S(C)(=O)=O)ccc1OCC#Cc1ccc(Cl)cc1. The Balaban J connectivity index is 2.06. The van der Waals surface area contributed by atoms with E-state index in [0.717, 1.165) is 21.7 Å². The van der Waals surface area contributed by atoms with Crippen LogP contribution in [0.15, 0.2) is 42.5 Å². The van der Waals surface area contributed by atoms with Crippen LogP contribution >= 0.6 is 11.6 Å². The van der Waals surface area contributed by atoms with E-state index < -0.39 is 22.0 Å². The number of ether oxygens (including phenoxy) is 2. The standard InChI is InChI=1S/C24H29ClN2O5S/c1-17(2)23(26)24(28)27(33(4,29)30)14-13-19-9-12-21(22(16-19)31-3)32-15-5-6-18-7-10-20(25)11-8-18/h7-12,16-17,23H,13-15,26H2,1-4H3/t23-/m0/s1. The van der Waals surface area contributed by atoms with Crippen LogP contribution in [-0.2, 0) is 21.2 Å². The summed E-state index contributed by atoms with van der Waals surface area (Å²) in [5.41, 5.74) is 7.49. The Kier molecular flexibility index (Phi) is 9.59. The van der Waals surface area contributed by atoms with Crippen molar-refractivity contribution < 1.29 is 22.7 Å². The van der Waals surface area contributed by atoms with Crippen molar-refractivity contribution in [1.29, 1.82) is 0 Å². The van der Waals surface area contributed by atoms with Crippen molar-refractivity contribution in [3.63, 3.8) is 0 Å². The van der Waals surface area contributed by atoms with Gasteiger partial charge >= 0.3 is 0 Å². The van der Waals surface area contributed by atoms with Crippen molar-refractivity contribution in [3.8, 4) is 23.3 Å². The summed E-state index contributed by atoms with van der Waals surface area (Å²) in [5, 5.41) is 0.647. The van der Waals surface area contributed by atoms with Gasteiger partial charge in [0.1, 0.15) is 6.61 Å². The zero-order chi connectivity index (χ0) is 24.6. The second kappa shape index (κ2) is 11.9. The molecule has 2 aromatic carbocycles. The van der Waals surface area contributed by atoms with Crippen LogP contribution in [0.1, 0.15) is 25.0 Å². The van der Waals surface area contributed by atoms with Gasteiger partial charge in [0, 0.05) is 17.1 Å². The fourth-order valence-electron chi connectivity index (χ4n) is 2.89. The Morgan fingerprint density at radius 1 is 1.15 bits per heavy atom. The van der Waals surface area contributed by atoms with Gasteiger partial charge in [0.05, 0.1) is 19.4 Å². The Hall–Kier alpha value is -2.73. The van der Waals surface area contributed by atoms with Crippen LogP contribution in [0.2, 0.25) is 5.02 Å². The Bertz CT molecular complexity index is 1120. The van der Waals surface area contributed by atoms with Gasteiger partial charge in [0.2, 0.25) is 10.0 Å². The average molecular weight is 493 g/mol. The minimum Gasteiger partial charge on any atom is -0.493 e. The molecule has 0 heterocycles. The van der Waals surface area contributed by atoms with Crippen LogP contribution in [0, 0.1) is 17.8 Å². The minimum atomic E-state index is -3.75. The molecule has 2 rings (SSSR count). The van der Waals surface area contributed by atoms with Gasteiger partial charge in [-0.3, -0.25) is 4.79 Å². The molecule has 2 N–H and O–H groups in total. The highest BCUT2D eigenvalue weighted by molar-refractivity contribution is 7.88. The summed E-state index contributed by atoms with van der Waals surface area (Å²) >= 11 is 5.86. The van der Waals surface area contributed by atoms with E-state index in [-0.39, 0.29) is 19.1 Å². The first-order chi connectivity index (χ1) is 15.5. The first kappa shape index (κ1) is 26.5. The van der Waals surface area contributed by atoms with Crippen molar-refractivity contribution in [3.05, 3.63) is 58.6 Å². The van der Waals surface area contributed by atoms with E-state index in [1.54, 1.807) is 44.2 Å². The number of carbonyl (C=O) groups excluding carboxylic acids is 1. The molecule has 0 spiro atoms. The number of rotatable bonds is 9. The molecule has 178 valence electrons. The van der Waals surface area contributed by atoms with Crippen LogP contribution in [0.5, 0.6) is 11.5 Å². The molecular weight excluding hydrogens is 464 g/mol. The molecule has 0 bridgehead atoms. The maximum atomic E-state index is 12.6. The van der Waals surface area contributed by atoms with Gasteiger partial charge in [0.15, 0.2) is 11.5 Å². The van der Waals surface area contributed by atoms with Gasteiger partial charge in [0.25, 0.3) is 5.91 Å². The maximum absolute atomic E-state index is 12.6. The highest BCUT2D eigenvalue weighted by atomic mass is 35.5. The molecule has 9 heteroatoms. The van der Waals surface area contributed by atoms with Crippen LogP contribution in [0.25, 0.3) is 0 Å². The lowest BCUT2D eigenvalue weighted by molar-refractivity contribution is -0.128. The summed E-state index contributed by atoms with van der Waals surface area (Å²) in [7, 11) is -2.24. The summed E-state index contributed by atoms with van der Waals surface area (Å²) in [4.78, 5) is 12.6. The van der Waals surface area contributed by atoms with E-state index in [1.165, 1.54) is 7.11 Å². The molecule has 0 aliphatic heterocycles. The van der Waals surface area contributed by atoms with Crippen molar-refractivity contribution in [1.82, 2.24) is 4.31 Å². The smallest absolute Gasteiger partial charge is 0.253 e. The van der Waals surface area contributed by atoms with E-state index >= 15 is 0 Å². The molecule has 7 nitrogen and oxygen atoms in total. The molecule has 0 fully saturated rings. The summed E-state index contributed by atoms with van der Waals surface area (Å²) in [6, 6.07) is 11.6. The fourth-order valence-corrected chi connectivity index (χ4v) is 3.89. The molecule has 33 heavy (non-hydrogen) atoms. The minimum absolute atomic E-state index is 0.0198. The largest absolute Gasteiger partial charge is 0.493 e. The molecule has 0 aliphatic carbocycles. The number of benzene rings is 2. The van der Waals surface area contributed by atoms with Crippen molar-refractivity contribution in [2.45, 2.75) is 26.3 Å². The predicted octanol–water partition coefficient (Wildman–Crippen LogP) is 3.09. The number of hydrogen-bond donors (Lipinski definition) is 1. The number of hydrogen-bond acceptors (Lipinski definition) is 6. The second-order valence-corrected chi connectivity index (χ2v) is 10.1. The van der Waals surface area contributed by atoms with Gasteiger partial charge in [-0.1, -0.05) is 43.4 Å². The molecule has 1 atom stereocenters. The predicted molar refractivity (Wildman–Crippen MR) is 130 cm³/mol. The van der Waals surface area contributed by atoms with Crippen molar-refractivity contribution in [2.75, 3.05) is 26.5 Å². The van der Waals surface area contributed by atoms with E-state index in [4.69, 9.17) is 26.8 Å². The maximum Gasteiger partial charge on any atom is 0.253 e. The second-order valence-electron chi connectivity index (χ2n) is 7.78. The normalized spacial score (nSPS) is 12.0. The lowest BCUT2D eigenvalue weighted by Gasteiger charge is -2.25. The van der Waals surface area contributed by atoms with E-state index in [1.807, 2.05) is 12.1 Å². The summed E-state index contributed by atoms with van der Waals surface area (Å²) in [5.74, 6) is 6.11. The van der Waals surface area contributed by atoms with Crippen molar-refractivity contribution in [2.24, 2.45) is 11.7 Å². The number of nitrogens with zero attached hydrogens (tertiary/aromatic N) is 1. The van der Waals surface area contributed by atoms with Gasteiger partial charge < -0.3 is 15.2 Å². The number of amides is 1. The zero-order valence-corrected chi connectivity index (χ0v) is 20.7. The summed E-state index contributed by atoms with van der Waals surface area (Å²) in [6.07, 6.45) is 1.30. The highest BCUT2D eigenvalue weighted by Crippen LogP contribution is 2.28. The summed E-state index contributed by atoms with van der Waals surface area (Å²) in [6.45, 7) is 3.68. The Labute approximate surface area is 200 Å². The molecule has 1 amide bonds. The number of nitrogens with two attached hydrogens (primary N) is 1. The monoisotopic (exact) mass is 492 g/mol. The highest BCUT2D eigenvalue weighted by Gasteiger charge is 2.29. The molecule has 0 saturated heterocycles. The lowest BCUT2D eigenvalue weighted by Crippen LogP contribution is -2.49. The molecule has 0 unspecified atom stereocenters. The summed E-state index contributed by atoms with van der Waals surface area (Å²) < 4.78 is 36.2. The first-order valence-corrected chi connectivity index (χ1v) is 12.6. The molecule has 0 aliphatic rings. The van der Waals surface area contributed by atoms with E-state index in [0.29, 0.717) is 22.9 Å². The number of methoxy groups -OCH3 is 1. The van der Waals surface area contributed by atoms with E-state index in [2.05, 4.69) is 11.8 Å².